The first-order valence-corrected chi connectivity index (χ1v) is 6.82. The molecule has 102 valence electrons. The number of aryl methyl sites for hydroxylation is 1. The van der Waals surface area contributed by atoms with Gasteiger partial charge in [0.25, 0.3) is 0 Å². The van der Waals surface area contributed by atoms with Crippen molar-refractivity contribution in [3.8, 4) is 0 Å². The summed E-state index contributed by atoms with van der Waals surface area (Å²) in [5.41, 5.74) is 1.11. The molecule has 0 heterocycles. The third-order valence-electron chi connectivity index (χ3n) is 2.47. The number of benzene rings is 1. The van der Waals surface area contributed by atoms with Gasteiger partial charge in [-0.1, -0.05) is 24.3 Å². The third kappa shape index (κ3) is 5.18. The zero-order valence-electron chi connectivity index (χ0n) is 10.8. The van der Waals surface area contributed by atoms with E-state index in [1.807, 2.05) is 31.2 Å². The Bertz CT molecular complexity index is 474. The van der Waals surface area contributed by atoms with Gasteiger partial charge >= 0.3 is 5.97 Å². The van der Waals surface area contributed by atoms with E-state index in [2.05, 4.69) is 6.58 Å². The lowest BCUT2D eigenvalue weighted by Crippen LogP contribution is -2.36. The van der Waals surface area contributed by atoms with Gasteiger partial charge in [0.15, 0.2) is 0 Å². The number of carbonyl (C=O) groups is 2. The summed E-state index contributed by atoms with van der Waals surface area (Å²) >= 11 is 1.42. The van der Waals surface area contributed by atoms with Gasteiger partial charge in [0, 0.05) is 11.4 Å². The number of nitrogens with zero attached hydrogens (tertiary/aromatic N) is 1. The molecule has 0 aromatic heterocycles. The Morgan fingerprint density at radius 3 is 2.68 bits per heavy atom. The summed E-state index contributed by atoms with van der Waals surface area (Å²) in [7, 11) is 0. The average molecular weight is 279 g/mol. The Kier molecular flexibility index (Phi) is 6.15. The number of carboxylic acid groups (broad SMARTS) is 1. The number of hydrogen-bond acceptors (Lipinski definition) is 3. The van der Waals surface area contributed by atoms with Crippen molar-refractivity contribution in [2.45, 2.75) is 11.8 Å². The second-order valence-electron chi connectivity index (χ2n) is 4.01. The Morgan fingerprint density at radius 2 is 2.11 bits per heavy atom. The van der Waals surface area contributed by atoms with E-state index in [0.717, 1.165) is 10.5 Å². The van der Waals surface area contributed by atoms with Gasteiger partial charge in [0.2, 0.25) is 5.91 Å². The highest BCUT2D eigenvalue weighted by molar-refractivity contribution is 8.00. The van der Waals surface area contributed by atoms with E-state index in [1.165, 1.54) is 22.7 Å². The highest BCUT2D eigenvalue weighted by Gasteiger charge is 2.15. The number of rotatable bonds is 7. The summed E-state index contributed by atoms with van der Waals surface area (Å²) in [6.45, 7) is 5.46. The van der Waals surface area contributed by atoms with Crippen LogP contribution in [0.5, 0.6) is 0 Å². The summed E-state index contributed by atoms with van der Waals surface area (Å²) in [4.78, 5) is 24.9. The van der Waals surface area contributed by atoms with Crippen molar-refractivity contribution in [1.29, 1.82) is 0 Å². The van der Waals surface area contributed by atoms with Gasteiger partial charge in [-0.15, -0.1) is 18.3 Å². The predicted octanol–water partition coefficient (Wildman–Crippen LogP) is 2.19. The van der Waals surface area contributed by atoms with E-state index in [1.54, 1.807) is 0 Å². The van der Waals surface area contributed by atoms with E-state index in [4.69, 9.17) is 5.11 Å². The van der Waals surface area contributed by atoms with Gasteiger partial charge in [0.05, 0.1) is 5.75 Å². The SMILES string of the molecule is C=CCN(CC(=O)O)C(=O)CSc1ccccc1C. The van der Waals surface area contributed by atoms with Crippen LogP contribution < -0.4 is 0 Å². The number of thioether (sulfide) groups is 1. The van der Waals surface area contributed by atoms with Crippen molar-refractivity contribution < 1.29 is 14.7 Å². The van der Waals surface area contributed by atoms with E-state index in [-0.39, 0.29) is 24.7 Å². The number of carbonyl (C=O) groups excluding carboxylic acids is 1. The molecule has 0 saturated heterocycles. The van der Waals surface area contributed by atoms with Crippen molar-refractivity contribution >= 4 is 23.6 Å². The maximum Gasteiger partial charge on any atom is 0.323 e. The molecule has 0 saturated carbocycles. The quantitative estimate of drug-likeness (QED) is 0.614. The van der Waals surface area contributed by atoms with E-state index < -0.39 is 5.97 Å². The molecule has 0 aliphatic heterocycles. The fraction of sp³-hybridized carbons (Fsp3) is 0.286. The third-order valence-corrected chi connectivity index (χ3v) is 3.63. The van der Waals surface area contributed by atoms with Gasteiger partial charge < -0.3 is 10.0 Å². The zero-order valence-corrected chi connectivity index (χ0v) is 11.7. The zero-order chi connectivity index (χ0) is 14.3. The molecule has 5 heteroatoms. The van der Waals surface area contributed by atoms with Crippen LogP contribution in [0.15, 0.2) is 41.8 Å². The van der Waals surface area contributed by atoms with Crippen LogP contribution >= 0.6 is 11.8 Å². The molecule has 1 amide bonds. The molecule has 0 unspecified atom stereocenters. The molecular weight excluding hydrogens is 262 g/mol. The van der Waals surface area contributed by atoms with Crippen LogP contribution in [0.3, 0.4) is 0 Å². The van der Waals surface area contributed by atoms with Crippen LogP contribution in [0.4, 0.5) is 0 Å². The number of amides is 1. The fourth-order valence-electron chi connectivity index (χ4n) is 1.52. The Morgan fingerprint density at radius 1 is 1.42 bits per heavy atom. The van der Waals surface area contributed by atoms with Crippen molar-refractivity contribution in [2.75, 3.05) is 18.8 Å². The molecule has 1 rings (SSSR count). The monoisotopic (exact) mass is 279 g/mol. The molecular formula is C14H17NO3S. The van der Waals surface area contributed by atoms with Crippen molar-refractivity contribution in [3.05, 3.63) is 42.5 Å². The van der Waals surface area contributed by atoms with Gasteiger partial charge in [-0.3, -0.25) is 9.59 Å². The topological polar surface area (TPSA) is 57.6 Å². The van der Waals surface area contributed by atoms with Crippen LogP contribution in [-0.2, 0) is 9.59 Å². The van der Waals surface area contributed by atoms with Gasteiger partial charge in [0.1, 0.15) is 6.54 Å². The predicted molar refractivity (Wildman–Crippen MR) is 76.3 cm³/mol. The molecule has 4 nitrogen and oxygen atoms in total. The van der Waals surface area contributed by atoms with Crippen molar-refractivity contribution in [2.24, 2.45) is 0 Å². The van der Waals surface area contributed by atoms with Gasteiger partial charge in [-0.25, -0.2) is 0 Å². The van der Waals surface area contributed by atoms with E-state index in [0.29, 0.717) is 0 Å². The Hall–Kier alpha value is -1.75. The largest absolute Gasteiger partial charge is 0.480 e. The van der Waals surface area contributed by atoms with Crippen molar-refractivity contribution in [3.63, 3.8) is 0 Å². The molecule has 0 aliphatic rings. The molecule has 19 heavy (non-hydrogen) atoms. The van der Waals surface area contributed by atoms with Gasteiger partial charge in [-0.05, 0) is 18.6 Å². The molecule has 0 spiro atoms. The molecule has 0 aliphatic carbocycles. The summed E-state index contributed by atoms with van der Waals surface area (Å²) < 4.78 is 0. The molecule has 1 aromatic carbocycles. The number of carboxylic acids is 1. The molecule has 0 fully saturated rings. The number of aliphatic carboxylic acids is 1. The summed E-state index contributed by atoms with van der Waals surface area (Å²) in [6.07, 6.45) is 1.53. The smallest absolute Gasteiger partial charge is 0.323 e. The first-order chi connectivity index (χ1) is 9.04. The average Bonchev–Trinajstić information content (AvgIpc) is 2.36. The summed E-state index contributed by atoms with van der Waals surface area (Å²) in [5, 5.41) is 8.75. The minimum atomic E-state index is -1.02. The molecule has 0 radical (unpaired) electrons. The standard InChI is InChI=1S/C14H17NO3S/c1-3-8-15(9-14(17)18)13(16)10-19-12-7-5-4-6-11(12)2/h3-7H,1,8-10H2,2H3,(H,17,18). The normalized spacial score (nSPS) is 9.95. The van der Waals surface area contributed by atoms with Crippen LogP contribution in [0.25, 0.3) is 0 Å². The summed E-state index contributed by atoms with van der Waals surface area (Å²) in [5.74, 6) is -0.988. The molecule has 0 bridgehead atoms. The lowest BCUT2D eigenvalue weighted by atomic mass is 10.2. The van der Waals surface area contributed by atoms with E-state index in [9.17, 15) is 9.59 Å². The first-order valence-electron chi connectivity index (χ1n) is 5.83. The minimum Gasteiger partial charge on any atom is -0.480 e. The fourth-order valence-corrected chi connectivity index (χ4v) is 2.45. The van der Waals surface area contributed by atoms with Crippen LogP contribution in [0.1, 0.15) is 5.56 Å². The number of hydrogen-bond donors (Lipinski definition) is 1. The van der Waals surface area contributed by atoms with Gasteiger partial charge in [-0.2, -0.15) is 0 Å². The lowest BCUT2D eigenvalue weighted by molar-refractivity contribution is -0.143. The van der Waals surface area contributed by atoms with Crippen LogP contribution in [0.2, 0.25) is 0 Å². The molecule has 0 atom stereocenters. The maximum absolute atomic E-state index is 11.9. The molecule has 1 N–H and O–H groups in total. The van der Waals surface area contributed by atoms with Crippen LogP contribution in [0, 0.1) is 6.92 Å². The summed E-state index contributed by atoms with van der Waals surface area (Å²) in [6, 6.07) is 7.78. The second-order valence-corrected chi connectivity index (χ2v) is 5.03. The Labute approximate surface area is 117 Å². The lowest BCUT2D eigenvalue weighted by Gasteiger charge is -2.18. The maximum atomic E-state index is 11.9. The highest BCUT2D eigenvalue weighted by atomic mass is 32.2. The second kappa shape index (κ2) is 7.63. The molecule has 1 aromatic rings. The minimum absolute atomic E-state index is 0.199. The highest BCUT2D eigenvalue weighted by Crippen LogP contribution is 2.21. The van der Waals surface area contributed by atoms with E-state index >= 15 is 0 Å². The van der Waals surface area contributed by atoms with Crippen LogP contribution in [-0.4, -0.2) is 40.7 Å². The Balaban J connectivity index is 2.59. The first kappa shape index (κ1) is 15.3. The van der Waals surface area contributed by atoms with Crippen molar-refractivity contribution in [1.82, 2.24) is 4.90 Å².